The average Bonchev–Trinajstić information content (AvgIpc) is 2.68. The maximum atomic E-state index is 12.4. The third-order valence-corrected chi connectivity index (χ3v) is 4.73. The molecule has 1 N–H and O–H groups in total. The van der Waals surface area contributed by atoms with Crippen molar-refractivity contribution < 1.29 is 14.6 Å². The highest BCUT2D eigenvalue weighted by Crippen LogP contribution is 2.23. The van der Waals surface area contributed by atoms with E-state index in [2.05, 4.69) is 4.90 Å². The van der Waals surface area contributed by atoms with Gasteiger partial charge in [0.15, 0.2) is 0 Å². The Balaban J connectivity index is 1.42. The van der Waals surface area contributed by atoms with Crippen molar-refractivity contribution in [2.75, 3.05) is 39.3 Å². The lowest BCUT2D eigenvalue weighted by Crippen LogP contribution is -2.50. The van der Waals surface area contributed by atoms with E-state index in [0.29, 0.717) is 36.0 Å². The van der Waals surface area contributed by atoms with Gasteiger partial charge in [0.2, 0.25) is 0 Å². The fraction of sp³-hybridized carbons (Fsp3) is 0.350. The molecule has 6 heteroatoms. The molecule has 0 spiro atoms. The number of piperazine rings is 1. The van der Waals surface area contributed by atoms with Gasteiger partial charge in [0.05, 0.1) is 5.02 Å². The molecule has 0 unspecified atom stereocenters. The van der Waals surface area contributed by atoms with Gasteiger partial charge >= 0.3 is 0 Å². The van der Waals surface area contributed by atoms with Gasteiger partial charge in [-0.2, -0.15) is 0 Å². The molecule has 1 amide bonds. The van der Waals surface area contributed by atoms with E-state index in [1.807, 2.05) is 47.4 Å². The molecule has 0 saturated carbocycles. The first kappa shape index (κ1) is 18.7. The van der Waals surface area contributed by atoms with E-state index in [4.69, 9.17) is 16.3 Å². The second-order valence-electron chi connectivity index (χ2n) is 6.35. The molecule has 0 aliphatic carbocycles. The molecule has 1 fully saturated rings. The van der Waals surface area contributed by atoms with Crippen LogP contribution in [0.3, 0.4) is 0 Å². The Kier molecular flexibility index (Phi) is 6.50. The lowest BCUT2D eigenvalue weighted by Gasteiger charge is -2.35. The summed E-state index contributed by atoms with van der Waals surface area (Å²) >= 11 is 6.04. The van der Waals surface area contributed by atoms with Crippen molar-refractivity contribution in [3.05, 3.63) is 65.2 Å². The maximum absolute atomic E-state index is 12.4. The highest BCUT2D eigenvalue weighted by molar-refractivity contribution is 6.32. The summed E-state index contributed by atoms with van der Waals surface area (Å²) in [7, 11) is 0. The SMILES string of the molecule is O=C(c1ccccc1)N1CCN(C[C@@H](O)COc2ccccc2Cl)CC1. The Morgan fingerprint density at radius 2 is 1.69 bits per heavy atom. The molecule has 3 rings (SSSR count). The predicted octanol–water partition coefficient (Wildman–Crippen LogP) is 2.54. The highest BCUT2D eigenvalue weighted by Gasteiger charge is 2.23. The fourth-order valence-corrected chi connectivity index (χ4v) is 3.19. The molecule has 2 aromatic rings. The largest absolute Gasteiger partial charge is 0.489 e. The van der Waals surface area contributed by atoms with Crippen LogP contribution in [0.1, 0.15) is 10.4 Å². The average molecular weight is 375 g/mol. The van der Waals surface area contributed by atoms with Crippen molar-refractivity contribution in [2.24, 2.45) is 0 Å². The molecule has 1 aliphatic rings. The maximum Gasteiger partial charge on any atom is 0.253 e. The van der Waals surface area contributed by atoms with Crippen molar-refractivity contribution in [3.63, 3.8) is 0 Å². The zero-order chi connectivity index (χ0) is 18.4. The second kappa shape index (κ2) is 9.03. The van der Waals surface area contributed by atoms with E-state index in [-0.39, 0.29) is 12.5 Å². The van der Waals surface area contributed by atoms with Gasteiger partial charge in [-0.1, -0.05) is 41.9 Å². The minimum Gasteiger partial charge on any atom is -0.489 e. The van der Waals surface area contributed by atoms with E-state index in [0.717, 1.165) is 13.1 Å². The van der Waals surface area contributed by atoms with Crippen LogP contribution in [0.4, 0.5) is 0 Å². The topological polar surface area (TPSA) is 53.0 Å². The quantitative estimate of drug-likeness (QED) is 0.844. The van der Waals surface area contributed by atoms with Crippen LogP contribution in [0.15, 0.2) is 54.6 Å². The summed E-state index contributed by atoms with van der Waals surface area (Å²) in [6.45, 7) is 3.49. The third kappa shape index (κ3) is 4.97. The van der Waals surface area contributed by atoms with Crippen molar-refractivity contribution in [1.82, 2.24) is 9.80 Å². The van der Waals surface area contributed by atoms with E-state index in [9.17, 15) is 9.90 Å². The molecule has 0 radical (unpaired) electrons. The number of rotatable bonds is 6. The lowest BCUT2D eigenvalue weighted by atomic mass is 10.2. The van der Waals surface area contributed by atoms with E-state index in [1.54, 1.807) is 12.1 Å². The number of carbonyl (C=O) groups is 1. The van der Waals surface area contributed by atoms with Crippen LogP contribution in [0.5, 0.6) is 5.75 Å². The Bertz CT molecular complexity index is 718. The van der Waals surface area contributed by atoms with Gasteiger partial charge in [-0.25, -0.2) is 0 Å². The number of benzene rings is 2. The van der Waals surface area contributed by atoms with Gasteiger partial charge in [-0.15, -0.1) is 0 Å². The van der Waals surface area contributed by atoms with Crippen molar-refractivity contribution in [2.45, 2.75) is 6.10 Å². The molecule has 0 bridgehead atoms. The summed E-state index contributed by atoms with van der Waals surface area (Å²) in [5.41, 5.74) is 0.717. The van der Waals surface area contributed by atoms with Crippen LogP contribution >= 0.6 is 11.6 Å². The van der Waals surface area contributed by atoms with Crippen LogP contribution in [0.2, 0.25) is 5.02 Å². The smallest absolute Gasteiger partial charge is 0.253 e. The molecule has 26 heavy (non-hydrogen) atoms. The predicted molar refractivity (Wildman–Crippen MR) is 102 cm³/mol. The molecule has 1 aliphatic heterocycles. The lowest BCUT2D eigenvalue weighted by molar-refractivity contribution is 0.0404. The van der Waals surface area contributed by atoms with Crippen LogP contribution in [-0.4, -0.2) is 66.2 Å². The first-order valence-corrected chi connectivity index (χ1v) is 9.13. The van der Waals surface area contributed by atoms with E-state index >= 15 is 0 Å². The van der Waals surface area contributed by atoms with Crippen LogP contribution in [0.25, 0.3) is 0 Å². The monoisotopic (exact) mass is 374 g/mol. The summed E-state index contributed by atoms with van der Waals surface area (Å²) in [5.74, 6) is 0.638. The Morgan fingerprint density at radius 3 is 2.38 bits per heavy atom. The van der Waals surface area contributed by atoms with Gasteiger partial charge in [0, 0.05) is 38.3 Å². The Hall–Kier alpha value is -2.08. The van der Waals surface area contributed by atoms with Crippen molar-refractivity contribution in [1.29, 1.82) is 0 Å². The summed E-state index contributed by atoms with van der Waals surface area (Å²) < 4.78 is 5.58. The molecular weight excluding hydrogens is 352 g/mol. The zero-order valence-electron chi connectivity index (χ0n) is 14.6. The first-order chi connectivity index (χ1) is 12.6. The molecule has 1 heterocycles. The summed E-state index contributed by atoms with van der Waals surface area (Å²) in [6, 6.07) is 16.5. The molecule has 1 atom stereocenters. The molecule has 0 aromatic heterocycles. The second-order valence-corrected chi connectivity index (χ2v) is 6.76. The number of carbonyl (C=O) groups excluding carboxylic acids is 1. The van der Waals surface area contributed by atoms with E-state index < -0.39 is 6.10 Å². The summed E-state index contributed by atoms with van der Waals surface area (Å²) in [6.07, 6.45) is -0.609. The molecule has 1 saturated heterocycles. The van der Waals surface area contributed by atoms with Crippen molar-refractivity contribution >= 4 is 17.5 Å². The normalized spacial score (nSPS) is 16.3. The first-order valence-electron chi connectivity index (χ1n) is 8.75. The number of β-amino-alcohol motifs (C(OH)–C–C–N with tert-alkyl or cyclic N) is 1. The number of ether oxygens (including phenoxy) is 1. The number of aliphatic hydroxyl groups excluding tert-OH is 1. The van der Waals surface area contributed by atoms with Gasteiger partial charge in [-0.05, 0) is 24.3 Å². The van der Waals surface area contributed by atoms with Gasteiger partial charge in [0.25, 0.3) is 5.91 Å². The molecule has 138 valence electrons. The summed E-state index contributed by atoms with van der Waals surface area (Å²) in [5, 5.41) is 10.8. The number of halogens is 1. The van der Waals surface area contributed by atoms with Crippen LogP contribution in [0, 0.1) is 0 Å². The number of nitrogens with zero attached hydrogens (tertiary/aromatic N) is 2. The fourth-order valence-electron chi connectivity index (χ4n) is 3.00. The van der Waals surface area contributed by atoms with Gasteiger partial charge in [0.1, 0.15) is 18.5 Å². The van der Waals surface area contributed by atoms with Gasteiger partial charge in [-0.3, -0.25) is 9.69 Å². The zero-order valence-corrected chi connectivity index (χ0v) is 15.3. The summed E-state index contributed by atoms with van der Waals surface area (Å²) in [4.78, 5) is 16.5. The molecule has 5 nitrogen and oxygen atoms in total. The minimum absolute atomic E-state index is 0.0628. The molecular formula is C20H23ClN2O3. The Morgan fingerprint density at radius 1 is 1.04 bits per heavy atom. The number of hydrogen-bond acceptors (Lipinski definition) is 4. The van der Waals surface area contributed by atoms with Crippen molar-refractivity contribution in [3.8, 4) is 5.75 Å². The molecule has 2 aromatic carbocycles. The minimum atomic E-state index is -0.609. The number of para-hydroxylation sites is 1. The number of amides is 1. The van der Waals surface area contributed by atoms with Crippen LogP contribution in [-0.2, 0) is 0 Å². The van der Waals surface area contributed by atoms with Crippen LogP contribution < -0.4 is 4.74 Å². The highest BCUT2D eigenvalue weighted by atomic mass is 35.5. The number of aliphatic hydroxyl groups is 1. The standard InChI is InChI=1S/C20H23ClN2O3/c21-18-8-4-5-9-19(18)26-15-17(24)14-22-10-12-23(13-11-22)20(25)16-6-2-1-3-7-16/h1-9,17,24H,10-15H2/t17-/m1/s1. The Labute approximate surface area is 158 Å². The van der Waals surface area contributed by atoms with E-state index in [1.165, 1.54) is 0 Å². The third-order valence-electron chi connectivity index (χ3n) is 4.42. The number of hydrogen-bond donors (Lipinski definition) is 1. The van der Waals surface area contributed by atoms with Gasteiger partial charge < -0.3 is 14.7 Å².